The second-order valence-electron chi connectivity index (χ2n) is 3.47. The number of allylic oxidation sites excluding steroid dienone is 1. The average molecular weight is 188 g/mol. The molecule has 1 saturated heterocycles. The molecule has 1 fully saturated rings. The molecule has 0 unspecified atom stereocenters. The van der Waals surface area contributed by atoms with E-state index in [2.05, 4.69) is 0 Å². The van der Waals surface area contributed by atoms with Crippen molar-refractivity contribution in [1.82, 2.24) is 0 Å². The molecule has 2 bridgehead atoms. The largest absolute Gasteiger partial charge is 0.392 e. The molecule has 2 rings (SSSR count). The zero-order chi connectivity index (χ0) is 8.77. The summed E-state index contributed by atoms with van der Waals surface area (Å²) in [5, 5.41) is 8.60. The Bertz CT molecular complexity index is 304. The van der Waals surface area contributed by atoms with E-state index in [1.807, 2.05) is 6.08 Å². The summed E-state index contributed by atoms with van der Waals surface area (Å²) in [6.07, 6.45) is 4.68. The van der Waals surface area contributed by atoms with Crippen LogP contribution in [0.2, 0.25) is 0 Å². The minimum atomic E-state index is -3.05. The Labute approximate surface area is 72.0 Å². The Morgan fingerprint density at radius 3 is 2.75 bits per heavy atom. The molecule has 3 nitrogen and oxygen atoms in total. The molecule has 2 aliphatic heterocycles. The van der Waals surface area contributed by atoms with E-state index >= 15 is 0 Å². The van der Waals surface area contributed by atoms with E-state index in [-0.39, 0.29) is 5.25 Å². The average Bonchev–Trinajstić information content (AvgIpc) is 1.95. The summed E-state index contributed by atoms with van der Waals surface area (Å²) in [6.45, 7) is 0. The second kappa shape index (κ2) is 2.57. The molecule has 0 spiro atoms. The van der Waals surface area contributed by atoms with Gasteiger partial charge in [0.15, 0.2) is 9.84 Å². The van der Waals surface area contributed by atoms with E-state index < -0.39 is 21.2 Å². The Morgan fingerprint density at radius 2 is 2.08 bits per heavy atom. The van der Waals surface area contributed by atoms with Crippen LogP contribution in [0.15, 0.2) is 12.2 Å². The molecule has 0 aromatic heterocycles. The maximum Gasteiger partial charge on any atom is 0.162 e. The molecule has 12 heavy (non-hydrogen) atoms. The van der Waals surface area contributed by atoms with E-state index in [0.717, 1.165) is 0 Å². The van der Waals surface area contributed by atoms with Crippen LogP contribution in [0.4, 0.5) is 0 Å². The van der Waals surface area contributed by atoms with Crippen molar-refractivity contribution in [1.29, 1.82) is 0 Å². The van der Waals surface area contributed by atoms with Gasteiger partial charge in [-0.05, 0) is 19.3 Å². The molecule has 2 aliphatic rings. The molecule has 0 aliphatic carbocycles. The SMILES string of the molecule is O=S1(=O)[C@@H]2C=CC[C@H]1[C@H](O)CC2. The summed E-state index contributed by atoms with van der Waals surface area (Å²) in [7, 11) is -3.05. The highest BCUT2D eigenvalue weighted by molar-refractivity contribution is 7.93. The zero-order valence-corrected chi connectivity index (χ0v) is 7.50. The number of aliphatic hydroxyl groups excluding tert-OH is 1. The number of hydrogen-bond donors (Lipinski definition) is 1. The van der Waals surface area contributed by atoms with Crippen LogP contribution in [0.5, 0.6) is 0 Å². The minimum Gasteiger partial charge on any atom is -0.392 e. The van der Waals surface area contributed by atoms with Gasteiger partial charge in [0, 0.05) is 0 Å². The summed E-state index contributed by atoms with van der Waals surface area (Å²) in [5.74, 6) is 0. The molecule has 0 aromatic carbocycles. The Balaban J connectivity index is 2.44. The van der Waals surface area contributed by atoms with E-state index in [9.17, 15) is 13.5 Å². The molecule has 4 heteroatoms. The van der Waals surface area contributed by atoms with Gasteiger partial charge < -0.3 is 5.11 Å². The summed E-state index contributed by atoms with van der Waals surface area (Å²) in [5.41, 5.74) is 0. The van der Waals surface area contributed by atoms with E-state index in [1.165, 1.54) is 0 Å². The van der Waals surface area contributed by atoms with Crippen LogP contribution in [0.1, 0.15) is 19.3 Å². The van der Waals surface area contributed by atoms with Crippen molar-refractivity contribution < 1.29 is 13.5 Å². The van der Waals surface area contributed by atoms with Crippen molar-refractivity contribution in [2.75, 3.05) is 0 Å². The first-order valence-corrected chi connectivity index (χ1v) is 5.81. The Kier molecular flexibility index (Phi) is 1.77. The van der Waals surface area contributed by atoms with E-state index in [4.69, 9.17) is 0 Å². The molecule has 0 aromatic rings. The number of hydrogen-bond acceptors (Lipinski definition) is 3. The monoisotopic (exact) mass is 188 g/mol. The van der Waals surface area contributed by atoms with Gasteiger partial charge in [-0.25, -0.2) is 8.42 Å². The Morgan fingerprint density at radius 1 is 1.33 bits per heavy atom. The van der Waals surface area contributed by atoms with Gasteiger partial charge >= 0.3 is 0 Å². The van der Waals surface area contributed by atoms with Crippen molar-refractivity contribution in [3.63, 3.8) is 0 Å². The zero-order valence-electron chi connectivity index (χ0n) is 6.68. The van der Waals surface area contributed by atoms with Gasteiger partial charge in [0.25, 0.3) is 0 Å². The molecular formula is C8H12O3S. The summed E-state index contributed by atoms with van der Waals surface area (Å²) < 4.78 is 23.2. The first kappa shape index (κ1) is 8.26. The van der Waals surface area contributed by atoms with Gasteiger partial charge in [0.05, 0.1) is 16.6 Å². The van der Waals surface area contributed by atoms with Crippen molar-refractivity contribution in [2.45, 2.75) is 35.9 Å². The second-order valence-corrected chi connectivity index (χ2v) is 5.86. The fraction of sp³-hybridized carbons (Fsp3) is 0.750. The van der Waals surface area contributed by atoms with E-state index in [0.29, 0.717) is 19.3 Å². The predicted octanol–water partition coefficient (Wildman–Crippen LogP) is 0.253. The minimum absolute atomic E-state index is 0.320. The maximum atomic E-state index is 11.6. The number of aliphatic hydroxyl groups is 1. The predicted molar refractivity (Wildman–Crippen MR) is 45.5 cm³/mol. The van der Waals surface area contributed by atoms with Crippen LogP contribution >= 0.6 is 0 Å². The quantitative estimate of drug-likeness (QED) is 0.554. The summed E-state index contributed by atoms with van der Waals surface area (Å²) in [4.78, 5) is 0. The van der Waals surface area contributed by atoms with Gasteiger partial charge in [-0.3, -0.25) is 0 Å². The van der Waals surface area contributed by atoms with Crippen LogP contribution in [0.25, 0.3) is 0 Å². The van der Waals surface area contributed by atoms with Crippen LogP contribution in [-0.2, 0) is 9.84 Å². The number of sulfone groups is 1. The van der Waals surface area contributed by atoms with Gasteiger partial charge in [-0.2, -0.15) is 0 Å². The fourth-order valence-corrected chi connectivity index (χ4v) is 4.19. The first-order valence-electron chi connectivity index (χ1n) is 4.20. The fourth-order valence-electron chi connectivity index (χ4n) is 1.99. The molecular weight excluding hydrogens is 176 g/mol. The molecule has 68 valence electrons. The number of rotatable bonds is 0. The van der Waals surface area contributed by atoms with Crippen LogP contribution < -0.4 is 0 Å². The van der Waals surface area contributed by atoms with Gasteiger partial charge in [0.1, 0.15) is 0 Å². The van der Waals surface area contributed by atoms with Crippen molar-refractivity contribution >= 4 is 9.84 Å². The molecule has 2 heterocycles. The van der Waals surface area contributed by atoms with Crippen LogP contribution in [-0.4, -0.2) is 30.1 Å². The highest BCUT2D eigenvalue weighted by Gasteiger charge is 2.42. The normalized spacial score (nSPS) is 44.2. The van der Waals surface area contributed by atoms with Crippen molar-refractivity contribution in [3.05, 3.63) is 12.2 Å². The summed E-state index contributed by atoms with van der Waals surface area (Å²) >= 11 is 0. The highest BCUT2D eigenvalue weighted by Crippen LogP contribution is 2.32. The third kappa shape index (κ3) is 1.02. The molecule has 0 radical (unpaired) electrons. The smallest absolute Gasteiger partial charge is 0.162 e. The maximum absolute atomic E-state index is 11.6. The number of fused-ring (bicyclic) bond motifs is 2. The first-order chi connectivity index (χ1) is 5.62. The highest BCUT2D eigenvalue weighted by atomic mass is 32.2. The molecule has 0 amide bonds. The molecule has 1 N–H and O–H groups in total. The standard InChI is InChI=1S/C8H12O3S/c9-7-5-4-6-2-1-3-8(7)12(6,10)11/h1-2,6-9H,3-5H2/t6-,7-,8+/m1/s1. The lowest BCUT2D eigenvalue weighted by atomic mass is 10.0. The molecule has 0 saturated carbocycles. The third-order valence-corrected chi connectivity index (χ3v) is 5.33. The Hall–Kier alpha value is -0.350. The summed E-state index contributed by atoms with van der Waals surface area (Å²) in [6, 6.07) is 0. The van der Waals surface area contributed by atoms with Crippen LogP contribution in [0.3, 0.4) is 0 Å². The third-order valence-electron chi connectivity index (χ3n) is 2.74. The lowest BCUT2D eigenvalue weighted by molar-refractivity contribution is 0.147. The van der Waals surface area contributed by atoms with Gasteiger partial charge in [-0.1, -0.05) is 12.2 Å². The lowest BCUT2D eigenvalue weighted by Gasteiger charge is -2.34. The van der Waals surface area contributed by atoms with E-state index in [1.54, 1.807) is 6.08 Å². The van der Waals surface area contributed by atoms with Crippen LogP contribution in [0, 0.1) is 0 Å². The topological polar surface area (TPSA) is 54.4 Å². The molecule has 3 atom stereocenters. The van der Waals surface area contributed by atoms with Gasteiger partial charge in [-0.15, -0.1) is 0 Å². The lowest BCUT2D eigenvalue weighted by Crippen LogP contribution is -2.46. The van der Waals surface area contributed by atoms with Crippen molar-refractivity contribution in [2.24, 2.45) is 0 Å². The van der Waals surface area contributed by atoms with Crippen molar-refractivity contribution in [3.8, 4) is 0 Å². The van der Waals surface area contributed by atoms with Gasteiger partial charge in [0.2, 0.25) is 0 Å².